The average molecular weight is 422 g/mol. The van der Waals surface area contributed by atoms with Crippen LogP contribution >= 0.6 is 0 Å². The minimum atomic E-state index is -0.857. The van der Waals surface area contributed by atoms with Gasteiger partial charge in [0.1, 0.15) is 0 Å². The van der Waals surface area contributed by atoms with Gasteiger partial charge in [0.25, 0.3) is 5.91 Å². The summed E-state index contributed by atoms with van der Waals surface area (Å²) in [5.74, 6) is -2.94. The third-order valence-electron chi connectivity index (χ3n) is 4.65. The van der Waals surface area contributed by atoms with E-state index in [4.69, 9.17) is 4.74 Å². The van der Waals surface area contributed by atoms with E-state index in [0.29, 0.717) is 23.4 Å². The van der Waals surface area contributed by atoms with Crippen LogP contribution in [-0.4, -0.2) is 35.4 Å². The maximum atomic E-state index is 12.9. The van der Waals surface area contributed by atoms with Gasteiger partial charge >= 0.3 is 11.9 Å². The first kappa shape index (κ1) is 21.8. The van der Waals surface area contributed by atoms with Gasteiger partial charge in [-0.15, -0.1) is 0 Å². The molecule has 8 heteroatoms. The number of imide groups is 1. The van der Waals surface area contributed by atoms with Crippen molar-refractivity contribution < 1.29 is 29.0 Å². The van der Waals surface area contributed by atoms with E-state index in [1.807, 2.05) is 6.92 Å². The van der Waals surface area contributed by atoms with Gasteiger partial charge in [-0.3, -0.25) is 14.4 Å². The second kappa shape index (κ2) is 9.25. The molecule has 0 aliphatic carbocycles. The maximum absolute atomic E-state index is 12.9. The van der Waals surface area contributed by atoms with Crippen molar-refractivity contribution in [3.63, 3.8) is 0 Å². The topological polar surface area (TPSA) is 113 Å². The van der Waals surface area contributed by atoms with Crippen molar-refractivity contribution >= 4 is 40.6 Å². The highest BCUT2D eigenvalue weighted by atomic mass is 16.5. The summed E-state index contributed by atoms with van der Waals surface area (Å²) in [7, 11) is 0. The molecule has 1 aliphatic rings. The van der Waals surface area contributed by atoms with Crippen LogP contribution in [0.1, 0.15) is 42.6 Å². The molecule has 0 fully saturated rings. The first-order valence-corrected chi connectivity index (χ1v) is 9.80. The number of hydrogen-bond acceptors (Lipinski definition) is 6. The molecule has 3 amide bonds. The van der Waals surface area contributed by atoms with Gasteiger partial charge in [-0.1, -0.05) is 25.5 Å². The molecule has 3 rings (SSSR count). The number of nitrogens with one attached hydrogen (secondary N) is 1. The Kier molecular flexibility index (Phi) is 6.49. The Morgan fingerprint density at radius 3 is 2.23 bits per heavy atom. The number of unbranched alkanes of at least 4 members (excludes halogenated alkanes) is 1. The normalized spacial score (nSPS) is 13.5. The molecule has 0 bridgehead atoms. The molecular formula is C23H22N2O6. The third kappa shape index (κ3) is 4.63. The predicted octanol–water partition coefficient (Wildman–Crippen LogP) is 3.44. The molecule has 2 N–H and O–H groups in total. The van der Waals surface area contributed by atoms with Gasteiger partial charge in [-0.05, 0) is 48.4 Å². The molecule has 2 aromatic carbocycles. The highest BCUT2D eigenvalue weighted by Gasteiger charge is 2.40. The molecule has 31 heavy (non-hydrogen) atoms. The maximum Gasteiger partial charge on any atom is 0.338 e. The Morgan fingerprint density at radius 2 is 1.65 bits per heavy atom. The summed E-state index contributed by atoms with van der Waals surface area (Å²) < 4.78 is 5.14. The SMILES string of the molecule is CCCCOC(=O)c1ccc(N2C(=O)C(O)=C(c3ccc(NC(C)=O)cc3)C2=O)cc1. The van der Waals surface area contributed by atoms with Crippen molar-refractivity contribution in [3.8, 4) is 0 Å². The van der Waals surface area contributed by atoms with Gasteiger partial charge in [-0.25, -0.2) is 9.69 Å². The molecule has 2 aromatic rings. The predicted molar refractivity (Wildman–Crippen MR) is 114 cm³/mol. The summed E-state index contributed by atoms with van der Waals surface area (Å²) in [5.41, 5.74) is 1.24. The fourth-order valence-corrected chi connectivity index (χ4v) is 3.08. The van der Waals surface area contributed by atoms with Crippen LogP contribution in [0.3, 0.4) is 0 Å². The zero-order valence-electron chi connectivity index (χ0n) is 17.2. The standard InChI is InChI=1S/C23H22N2O6/c1-3-4-13-31-23(30)16-7-11-18(12-8-16)25-21(28)19(20(27)22(25)29)15-5-9-17(10-6-15)24-14(2)26/h5-12,27H,3-4,13H2,1-2H3,(H,24,26). The molecule has 0 saturated carbocycles. The summed E-state index contributed by atoms with van der Waals surface area (Å²) in [4.78, 5) is 49.5. The number of nitrogens with zero attached hydrogens (tertiary/aromatic N) is 1. The average Bonchev–Trinajstić information content (AvgIpc) is 2.97. The van der Waals surface area contributed by atoms with E-state index in [9.17, 15) is 24.3 Å². The van der Waals surface area contributed by atoms with Crippen molar-refractivity contribution in [2.45, 2.75) is 26.7 Å². The van der Waals surface area contributed by atoms with Crippen molar-refractivity contribution in [1.29, 1.82) is 0 Å². The van der Waals surface area contributed by atoms with Crippen molar-refractivity contribution in [2.24, 2.45) is 0 Å². The number of carbonyl (C=O) groups excluding carboxylic acids is 4. The van der Waals surface area contributed by atoms with E-state index in [1.54, 1.807) is 12.1 Å². The Balaban J connectivity index is 1.79. The molecule has 0 saturated heterocycles. The second-order valence-corrected chi connectivity index (χ2v) is 6.96. The minimum absolute atomic E-state index is 0.137. The number of aliphatic hydroxyl groups excluding tert-OH is 1. The number of anilines is 2. The van der Waals surface area contributed by atoms with Crippen molar-refractivity contribution in [2.75, 3.05) is 16.8 Å². The first-order valence-electron chi connectivity index (χ1n) is 9.80. The number of aliphatic hydroxyl groups is 1. The second-order valence-electron chi connectivity index (χ2n) is 6.96. The number of carbonyl (C=O) groups is 4. The molecule has 8 nitrogen and oxygen atoms in total. The van der Waals surface area contributed by atoms with Gasteiger partial charge in [0.05, 0.1) is 23.4 Å². The lowest BCUT2D eigenvalue weighted by molar-refractivity contribution is -0.121. The summed E-state index contributed by atoms with van der Waals surface area (Å²) in [5, 5.41) is 12.9. The van der Waals surface area contributed by atoms with E-state index < -0.39 is 23.5 Å². The highest BCUT2D eigenvalue weighted by molar-refractivity contribution is 6.44. The fraction of sp³-hybridized carbons (Fsp3) is 0.217. The van der Waals surface area contributed by atoms with E-state index in [2.05, 4.69) is 5.32 Å². The summed E-state index contributed by atoms with van der Waals surface area (Å²) in [6.07, 6.45) is 1.67. The Bertz CT molecular complexity index is 1050. The van der Waals surface area contributed by atoms with Crippen LogP contribution < -0.4 is 10.2 Å². The molecule has 1 aliphatic heterocycles. The van der Waals surface area contributed by atoms with Crippen LogP contribution in [0.2, 0.25) is 0 Å². The first-order chi connectivity index (χ1) is 14.8. The molecule has 0 unspecified atom stereocenters. The zero-order chi connectivity index (χ0) is 22.5. The van der Waals surface area contributed by atoms with Gasteiger partial charge in [-0.2, -0.15) is 0 Å². The smallest absolute Gasteiger partial charge is 0.338 e. The van der Waals surface area contributed by atoms with Gasteiger partial charge < -0.3 is 15.2 Å². The lowest BCUT2D eigenvalue weighted by Gasteiger charge is -2.15. The van der Waals surface area contributed by atoms with Gasteiger partial charge in [0, 0.05) is 12.6 Å². The van der Waals surface area contributed by atoms with Crippen LogP contribution in [-0.2, 0) is 19.1 Å². The van der Waals surface area contributed by atoms with Crippen molar-refractivity contribution in [3.05, 3.63) is 65.4 Å². The molecule has 0 radical (unpaired) electrons. The molecule has 0 spiro atoms. The highest BCUT2D eigenvalue weighted by Crippen LogP contribution is 2.32. The number of esters is 1. The summed E-state index contributed by atoms with van der Waals surface area (Å²) in [6, 6.07) is 12.0. The van der Waals surface area contributed by atoms with E-state index in [0.717, 1.165) is 17.7 Å². The monoisotopic (exact) mass is 422 g/mol. The number of hydrogen-bond donors (Lipinski definition) is 2. The van der Waals surface area contributed by atoms with Crippen molar-refractivity contribution in [1.82, 2.24) is 0 Å². The van der Waals surface area contributed by atoms with Gasteiger partial charge in [0.15, 0.2) is 5.76 Å². The Hall–Kier alpha value is -3.94. The zero-order valence-corrected chi connectivity index (χ0v) is 17.2. The molecule has 160 valence electrons. The lowest BCUT2D eigenvalue weighted by Crippen LogP contribution is -2.31. The lowest BCUT2D eigenvalue weighted by atomic mass is 10.0. The largest absolute Gasteiger partial charge is 0.502 e. The summed E-state index contributed by atoms with van der Waals surface area (Å²) in [6.45, 7) is 3.68. The number of ether oxygens (including phenoxy) is 1. The quantitative estimate of drug-likeness (QED) is 0.401. The van der Waals surface area contributed by atoms with Crippen LogP contribution in [0.4, 0.5) is 11.4 Å². The number of rotatable bonds is 7. The van der Waals surface area contributed by atoms with Crippen LogP contribution in [0.15, 0.2) is 54.3 Å². The Morgan fingerprint density at radius 1 is 1.00 bits per heavy atom. The van der Waals surface area contributed by atoms with E-state index in [1.165, 1.54) is 43.3 Å². The fourth-order valence-electron chi connectivity index (χ4n) is 3.08. The molecule has 0 aromatic heterocycles. The van der Waals surface area contributed by atoms with Crippen LogP contribution in [0, 0.1) is 0 Å². The third-order valence-corrected chi connectivity index (χ3v) is 4.65. The van der Waals surface area contributed by atoms with E-state index >= 15 is 0 Å². The molecule has 0 atom stereocenters. The number of amides is 3. The van der Waals surface area contributed by atoms with Crippen LogP contribution in [0.25, 0.3) is 5.57 Å². The summed E-state index contributed by atoms with van der Waals surface area (Å²) >= 11 is 0. The van der Waals surface area contributed by atoms with Crippen LogP contribution in [0.5, 0.6) is 0 Å². The van der Waals surface area contributed by atoms with E-state index in [-0.39, 0.29) is 17.2 Å². The number of benzene rings is 2. The van der Waals surface area contributed by atoms with Gasteiger partial charge in [0.2, 0.25) is 5.91 Å². The molecule has 1 heterocycles. The Labute approximate surface area is 179 Å². The molecular weight excluding hydrogens is 400 g/mol. The minimum Gasteiger partial charge on any atom is -0.502 e.